The first-order chi connectivity index (χ1) is 18.6. The van der Waals surface area contributed by atoms with Crippen LogP contribution in [0.15, 0.2) is 57.9 Å². The number of thioether (sulfide) groups is 1. The average molecular weight is 634 g/mol. The Hall–Kier alpha value is -3.34. The van der Waals surface area contributed by atoms with Gasteiger partial charge in [0.15, 0.2) is 18.1 Å². The number of halogens is 3. The van der Waals surface area contributed by atoms with Gasteiger partial charge in [-0.1, -0.05) is 39.7 Å². The van der Waals surface area contributed by atoms with Crippen molar-refractivity contribution in [1.29, 1.82) is 0 Å². The van der Waals surface area contributed by atoms with Crippen molar-refractivity contribution in [3.05, 3.63) is 91.0 Å². The number of nitrogens with zero attached hydrogens (tertiary/aromatic N) is 1. The van der Waals surface area contributed by atoms with E-state index in [9.17, 15) is 18.8 Å². The van der Waals surface area contributed by atoms with Crippen LogP contribution in [0, 0.1) is 19.7 Å². The number of methoxy groups -OCH3 is 1. The van der Waals surface area contributed by atoms with E-state index >= 15 is 0 Å². The Labute approximate surface area is 242 Å². The highest BCUT2D eigenvalue weighted by atomic mass is 79.9. The zero-order chi connectivity index (χ0) is 28.3. The molecule has 39 heavy (non-hydrogen) atoms. The highest BCUT2D eigenvalue weighted by Crippen LogP contribution is 2.36. The molecule has 1 heterocycles. The Kier molecular flexibility index (Phi) is 8.99. The summed E-state index contributed by atoms with van der Waals surface area (Å²) in [5.74, 6) is -0.824. The molecule has 0 atom stereocenters. The number of amides is 3. The molecule has 3 amide bonds. The number of carbonyl (C=O) groups excluding carboxylic acids is 3. The van der Waals surface area contributed by atoms with Crippen molar-refractivity contribution >= 4 is 68.1 Å². The van der Waals surface area contributed by atoms with Gasteiger partial charge in [0.05, 0.1) is 18.6 Å². The summed E-state index contributed by atoms with van der Waals surface area (Å²) in [6.07, 6.45) is 1.53. The fourth-order valence-corrected chi connectivity index (χ4v) is 5.27. The summed E-state index contributed by atoms with van der Waals surface area (Å²) in [5.41, 5.74) is 3.30. The second-order valence-corrected chi connectivity index (χ2v) is 10.8. The zero-order valence-corrected chi connectivity index (χ0v) is 24.3. The number of ether oxygens (including phenoxy) is 2. The number of imide groups is 1. The molecular weight excluding hydrogens is 611 g/mol. The molecule has 0 bridgehead atoms. The molecule has 3 aromatic carbocycles. The highest BCUT2D eigenvalue weighted by Gasteiger charge is 2.36. The topological polar surface area (TPSA) is 84.9 Å². The molecule has 1 fully saturated rings. The predicted molar refractivity (Wildman–Crippen MR) is 154 cm³/mol. The van der Waals surface area contributed by atoms with E-state index in [2.05, 4.69) is 21.2 Å². The predicted octanol–water partition coefficient (Wildman–Crippen LogP) is 7.12. The number of rotatable bonds is 8. The first-order valence-corrected chi connectivity index (χ1v) is 13.6. The first kappa shape index (κ1) is 28.7. The molecule has 0 spiro atoms. The standard InChI is InChI=1S/C28H23BrClFN2O5S/c1-15-16(2)22(9-8-19(15)29)32-26(34)14-38-23-10-7-17(11-24(23)37-3)12-25-27(35)33(28(36)39-25)13-18-20(30)5-4-6-21(18)31/h4-12H,13-14H2,1-3H3,(H,32,34)/b25-12+. The normalized spacial score (nSPS) is 14.2. The number of carbonyl (C=O) groups is 3. The lowest BCUT2D eigenvalue weighted by molar-refractivity contribution is -0.123. The van der Waals surface area contributed by atoms with Crippen LogP contribution < -0.4 is 14.8 Å². The second kappa shape index (κ2) is 12.2. The molecule has 0 saturated carbocycles. The number of hydrogen-bond donors (Lipinski definition) is 1. The molecule has 0 aromatic heterocycles. The Morgan fingerprint density at radius 3 is 2.62 bits per heavy atom. The molecular formula is C28H23BrClFN2O5S. The molecule has 4 rings (SSSR count). The van der Waals surface area contributed by atoms with Gasteiger partial charge in [-0.25, -0.2) is 4.39 Å². The van der Waals surface area contributed by atoms with Crippen molar-refractivity contribution in [3.8, 4) is 11.5 Å². The van der Waals surface area contributed by atoms with E-state index in [4.69, 9.17) is 21.1 Å². The van der Waals surface area contributed by atoms with E-state index in [1.165, 1.54) is 31.4 Å². The second-order valence-electron chi connectivity index (χ2n) is 8.56. The van der Waals surface area contributed by atoms with Crippen molar-refractivity contribution in [3.63, 3.8) is 0 Å². The summed E-state index contributed by atoms with van der Waals surface area (Å²) >= 11 is 10.3. The lowest BCUT2D eigenvalue weighted by Crippen LogP contribution is -2.28. The Morgan fingerprint density at radius 1 is 1.13 bits per heavy atom. The molecule has 1 saturated heterocycles. The number of benzene rings is 3. The first-order valence-electron chi connectivity index (χ1n) is 11.6. The van der Waals surface area contributed by atoms with Crippen LogP contribution in [0.5, 0.6) is 11.5 Å². The SMILES string of the molecule is COc1cc(/C=C2/SC(=O)N(Cc3c(F)cccc3Cl)C2=O)ccc1OCC(=O)Nc1ccc(Br)c(C)c1C. The van der Waals surface area contributed by atoms with Gasteiger partial charge >= 0.3 is 0 Å². The van der Waals surface area contributed by atoms with Gasteiger partial charge in [-0.3, -0.25) is 19.3 Å². The number of nitrogens with one attached hydrogen (secondary N) is 1. The molecule has 11 heteroatoms. The van der Waals surface area contributed by atoms with Gasteiger partial charge in [-0.15, -0.1) is 0 Å². The number of hydrogen-bond acceptors (Lipinski definition) is 6. The lowest BCUT2D eigenvalue weighted by atomic mass is 10.1. The molecule has 1 N–H and O–H groups in total. The highest BCUT2D eigenvalue weighted by molar-refractivity contribution is 9.10. The van der Waals surface area contributed by atoms with E-state index in [1.54, 1.807) is 18.2 Å². The third-order valence-electron chi connectivity index (χ3n) is 6.09. The van der Waals surface area contributed by atoms with Gasteiger partial charge in [0.1, 0.15) is 5.82 Å². The van der Waals surface area contributed by atoms with E-state index in [0.717, 1.165) is 32.3 Å². The van der Waals surface area contributed by atoms with Crippen LogP contribution in [-0.2, 0) is 16.1 Å². The van der Waals surface area contributed by atoms with Crippen LogP contribution in [0.25, 0.3) is 6.08 Å². The largest absolute Gasteiger partial charge is 0.493 e. The summed E-state index contributed by atoms with van der Waals surface area (Å²) in [4.78, 5) is 39.0. The van der Waals surface area contributed by atoms with E-state index < -0.39 is 17.0 Å². The Bertz CT molecular complexity index is 1490. The van der Waals surface area contributed by atoms with Crippen LogP contribution in [0.3, 0.4) is 0 Å². The maximum absolute atomic E-state index is 14.2. The summed E-state index contributed by atoms with van der Waals surface area (Å²) in [5, 5.41) is 2.44. The van der Waals surface area contributed by atoms with Crippen molar-refractivity contribution in [2.75, 3.05) is 19.0 Å². The average Bonchev–Trinajstić information content (AvgIpc) is 3.17. The summed E-state index contributed by atoms with van der Waals surface area (Å²) in [7, 11) is 1.45. The maximum Gasteiger partial charge on any atom is 0.293 e. The molecule has 202 valence electrons. The smallest absolute Gasteiger partial charge is 0.293 e. The van der Waals surface area contributed by atoms with Gasteiger partial charge in [0, 0.05) is 20.7 Å². The monoisotopic (exact) mass is 632 g/mol. The van der Waals surface area contributed by atoms with Gasteiger partial charge < -0.3 is 14.8 Å². The van der Waals surface area contributed by atoms with Crippen LogP contribution in [0.1, 0.15) is 22.3 Å². The van der Waals surface area contributed by atoms with Crippen LogP contribution in [-0.4, -0.2) is 35.7 Å². The Balaban J connectivity index is 1.44. The molecule has 7 nitrogen and oxygen atoms in total. The fourth-order valence-electron chi connectivity index (χ4n) is 3.77. The van der Waals surface area contributed by atoms with Crippen molar-refractivity contribution in [1.82, 2.24) is 4.90 Å². The molecule has 1 aliphatic rings. The Morgan fingerprint density at radius 2 is 1.90 bits per heavy atom. The van der Waals surface area contributed by atoms with E-state index in [0.29, 0.717) is 22.7 Å². The third kappa shape index (κ3) is 6.46. The summed E-state index contributed by atoms with van der Waals surface area (Å²) in [6.45, 7) is 3.35. The van der Waals surface area contributed by atoms with Crippen LogP contribution >= 0.6 is 39.3 Å². The zero-order valence-electron chi connectivity index (χ0n) is 21.1. The van der Waals surface area contributed by atoms with Crippen molar-refractivity contribution in [2.24, 2.45) is 0 Å². The molecule has 0 unspecified atom stereocenters. The molecule has 0 aliphatic carbocycles. The van der Waals surface area contributed by atoms with Crippen molar-refractivity contribution < 1.29 is 28.2 Å². The minimum Gasteiger partial charge on any atom is -0.493 e. The van der Waals surface area contributed by atoms with Gasteiger partial charge in [0.2, 0.25) is 0 Å². The minimum atomic E-state index is -0.596. The summed E-state index contributed by atoms with van der Waals surface area (Å²) < 4.78 is 26.2. The minimum absolute atomic E-state index is 0.0698. The quantitative estimate of drug-likeness (QED) is 0.266. The lowest BCUT2D eigenvalue weighted by Gasteiger charge is -2.14. The third-order valence-corrected chi connectivity index (χ3v) is 8.21. The maximum atomic E-state index is 14.2. The fraction of sp³-hybridized carbons (Fsp3) is 0.179. The van der Waals surface area contributed by atoms with E-state index in [1.807, 2.05) is 26.0 Å². The van der Waals surface area contributed by atoms with Gasteiger partial charge in [0.25, 0.3) is 17.1 Å². The van der Waals surface area contributed by atoms with Crippen LogP contribution in [0.2, 0.25) is 5.02 Å². The van der Waals surface area contributed by atoms with Crippen LogP contribution in [0.4, 0.5) is 14.9 Å². The van der Waals surface area contributed by atoms with Crippen molar-refractivity contribution in [2.45, 2.75) is 20.4 Å². The molecule has 3 aromatic rings. The molecule has 0 radical (unpaired) electrons. The van der Waals surface area contributed by atoms with Gasteiger partial charge in [-0.05, 0) is 84.8 Å². The molecule has 1 aliphatic heterocycles. The number of anilines is 1. The van der Waals surface area contributed by atoms with E-state index in [-0.39, 0.29) is 34.6 Å². The van der Waals surface area contributed by atoms with Gasteiger partial charge in [-0.2, -0.15) is 0 Å². The summed E-state index contributed by atoms with van der Waals surface area (Å²) in [6, 6.07) is 12.7.